The molecule has 0 aromatic heterocycles. The van der Waals surface area contributed by atoms with E-state index in [4.69, 9.17) is 19.2 Å². The van der Waals surface area contributed by atoms with Crippen LogP contribution >= 0.6 is 0 Å². The third-order valence-electron chi connectivity index (χ3n) is 4.86. The molecule has 27 heavy (non-hydrogen) atoms. The second-order valence-electron chi connectivity index (χ2n) is 8.67. The third kappa shape index (κ3) is 9.27. The minimum atomic E-state index is -0.990. The Morgan fingerprint density at radius 3 is 1.85 bits per heavy atom. The molecule has 6 nitrogen and oxygen atoms in total. The van der Waals surface area contributed by atoms with Gasteiger partial charge in [-0.2, -0.15) is 4.89 Å². The quantitative estimate of drug-likeness (QED) is 0.201. The molecule has 6 heteroatoms. The third-order valence-corrected chi connectivity index (χ3v) is 4.86. The Morgan fingerprint density at radius 2 is 1.41 bits per heavy atom. The van der Waals surface area contributed by atoms with Crippen LogP contribution in [0.4, 0.5) is 0 Å². The highest BCUT2D eigenvalue weighted by Crippen LogP contribution is 2.26. The molecule has 0 aliphatic heterocycles. The van der Waals surface area contributed by atoms with Crippen molar-refractivity contribution < 1.29 is 28.8 Å². The van der Waals surface area contributed by atoms with Crippen LogP contribution in [0.2, 0.25) is 0 Å². The van der Waals surface area contributed by atoms with Gasteiger partial charge in [-0.3, -0.25) is 9.59 Å². The van der Waals surface area contributed by atoms with E-state index in [-0.39, 0.29) is 12.2 Å². The van der Waals surface area contributed by atoms with Gasteiger partial charge in [0.25, 0.3) is 0 Å². The summed E-state index contributed by atoms with van der Waals surface area (Å²) in [6.07, 6.45) is 0.788. The van der Waals surface area contributed by atoms with Gasteiger partial charge in [-0.25, -0.2) is 0 Å². The summed E-state index contributed by atoms with van der Waals surface area (Å²) in [5.74, 6) is -0.867. The van der Waals surface area contributed by atoms with E-state index in [0.29, 0.717) is 19.3 Å². The lowest BCUT2D eigenvalue weighted by atomic mass is 9.90. The highest BCUT2D eigenvalue weighted by atomic mass is 17.2. The Bertz CT molecular complexity index is 519. The number of carbonyl (C=O) groups is 2. The Kier molecular flexibility index (Phi) is 9.53. The van der Waals surface area contributed by atoms with Crippen molar-refractivity contribution in [2.24, 2.45) is 5.41 Å². The van der Waals surface area contributed by atoms with Gasteiger partial charge in [0.05, 0.1) is 11.8 Å². The van der Waals surface area contributed by atoms with E-state index in [9.17, 15) is 9.59 Å². The second-order valence-corrected chi connectivity index (χ2v) is 8.67. The van der Waals surface area contributed by atoms with Crippen molar-refractivity contribution >= 4 is 11.9 Å². The Morgan fingerprint density at radius 1 is 0.889 bits per heavy atom. The lowest BCUT2D eigenvalue weighted by Gasteiger charge is -2.29. The SMILES string of the molecule is C=C(OOC(C)(C)CC)C(CC(=O)OC(C)(C)CC)OC(=O)C(C)(C)CC. The standard InChI is InChI=1S/C21H38O6/c1-11-19(5,6)18(23)24-16(14-17(22)25-20(7,8)12-2)15(4)26-27-21(9,10)13-3/h16H,4,11-14H2,1-3,5-10H3. The van der Waals surface area contributed by atoms with Crippen molar-refractivity contribution in [3.05, 3.63) is 12.3 Å². The molecule has 0 saturated heterocycles. The zero-order chi connectivity index (χ0) is 21.5. The molecule has 0 bridgehead atoms. The molecule has 1 atom stereocenters. The van der Waals surface area contributed by atoms with Gasteiger partial charge < -0.3 is 14.4 Å². The maximum absolute atomic E-state index is 12.5. The first kappa shape index (κ1) is 25.4. The summed E-state index contributed by atoms with van der Waals surface area (Å²) in [5, 5.41) is 0. The van der Waals surface area contributed by atoms with Crippen LogP contribution in [-0.2, 0) is 28.8 Å². The average Bonchev–Trinajstić information content (AvgIpc) is 2.58. The Balaban J connectivity index is 5.23. The van der Waals surface area contributed by atoms with Gasteiger partial charge in [0.1, 0.15) is 11.2 Å². The number of carbonyl (C=O) groups excluding carboxylic acids is 2. The van der Waals surface area contributed by atoms with Crippen molar-refractivity contribution in [2.75, 3.05) is 0 Å². The molecule has 0 rings (SSSR count). The molecule has 0 N–H and O–H groups in total. The van der Waals surface area contributed by atoms with Crippen LogP contribution in [0.1, 0.15) is 88.0 Å². The summed E-state index contributed by atoms with van der Waals surface area (Å²) < 4.78 is 11.0. The van der Waals surface area contributed by atoms with E-state index in [1.54, 1.807) is 13.8 Å². The molecule has 0 amide bonds. The molecule has 0 saturated carbocycles. The van der Waals surface area contributed by atoms with Gasteiger partial charge in [-0.15, -0.1) is 0 Å². The molecule has 0 aliphatic carbocycles. The molecule has 0 fully saturated rings. The molecular weight excluding hydrogens is 348 g/mol. The summed E-state index contributed by atoms with van der Waals surface area (Å²) in [7, 11) is 0. The highest BCUT2D eigenvalue weighted by Gasteiger charge is 2.34. The van der Waals surface area contributed by atoms with Gasteiger partial charge >= 0.3 is 11.9 Å². The molecule has 1 unspecified atom stereocenters. The molecule has 0 spiro atoms. The van der Waals surface area contributed by atoms with E-state index < -0.39 is 34.7 Å². The van der Waals surface area contributed by atoms with Crippen molar-refractivity contribution in [3.63, 3.8) is 0 Å². The van der Waals surface area contributed by atoms with Crippen LogP contribution < -0.4 is 0 Å². The fourth-order valence-corrected chi connectivity index (χ4v) is 1.51. The van der Waals surface area contributed by atoms with E-state index in [1.165, 1.54) is 0 Å². The molecule has 0 heterocycles. The molecule has 0 aromatic rings. The number of ether oxygens (including phenoxy) is 2. The van der Waals surface area contributed by atoms with Crippen LogP contribution in [0.25, 0.3) is 0 Å². The summed E-state index contributed by atoms with van der Waals surface area (Å²) in [4.78, 5) is 35.5. The minimum absolute atomic E-state index is 0.0584. The van der Waals surface area contributed by atoms with E-state index in [1.807, 2.05) is 48.5 Å². The largest absolute Gasteiger partial charge is 0.460 e. The predicted molar refractivity (Wildman–Crippen MR) is 105 cm³/mol. The van der Waals surface area contributed by atoms with Crippen LogP contribution in [-0.4, -0.2) is 29.2 Å². The minimum Gasteiger partial charge on any atom is -0.460 e. The topological polar surface area (TPSA) is 71.1 Å². The average molecular weight is 387 g/mol. The van der Waals surface area contributed by atoms with Crippen molar-refractivity contribution in [3.8, 4) is 0 Å². The summed E-state index contributed by atoms with van der Waals surface area (Å²) in [6.45, 7) is 20.5. The molecular formula is C21H38O6. The summed E-state index contributed by atoms with van der Waals surface area (Å²) >= 11 is 0. The smallest absolute Gasteiger partial charge is 0.312 e. The maximum atomic E-state index is 12.5. The van der Waals surface area contributed by atoms with E-state index in [2.05, 4.69) is 6.58 Å². The number of esters is 2. The van der Waals surface area contributed by atoms with Gasteiger partial charge in [0, 0.05) is 0 Å². The summed E-state index contributed by atoms with van der Waals surface area (Å²) in [5.41, 5.74) is -1.82. The first-order valence-corrected chi connectivity index (χ1v) is 9.67. The van der Waals surface area contributed by atoms with E-state index in [0.717, 1.165) is 0 Å². The zero-order valence-electron chi connectivity index (χ0n) is 18.6. The van der Waals surface area contributed by atoms with E-state index >= 15 is 0 Å². The maximum Gasteiger partial charge on any atom is 0.312 e. The lowest BCUT2D eigenvalue weighted by molar-refractivity contribution is -0.333. The van der Waals surface area contributed by atoms with Gasteiger partial charge in [-0.1, -0.05) is 27.4 Å². The van der Waals surface area contributed by atoms with Gasteiger partial charge in [0.2, 0.25) is 0 Å². The van der Waals surface area contributed by atoms with Crippen molar-refractivity contribution in [1.82, 2.24) is 0 Å². The van der Waals surface area contributed by atoms with Crippen LogP contribution in [0.15, 0.2) is 12.3 Å². The molecule has 0 aliphatic rings. The van der Waals surface area contributed by atoms with Crippen molar-refractivity contribution in [2.45, 2.75) is 105 Å². The fourth-order valence-electron chi connectivity index (χ4n) is 1.51. The highest BCUT2D eigenvalue weighted by molar-refractivity contribution is 5.77. The zero-order valence-corrected chi connectivity index (χ0v) is 18.6. The predicted octanol–water partition coefficient (Wildman–Crippen LogP) is 5.11. The first-order valence-electron chi connectivity index (χ1n) is 9.67. The van der Waals surface area contributed by atoms with Crippen LogP contribution in [0, 0.1) is 5.41 Å². The molecule has 0 radical (unpaired) electrons. The number of hydrogen-bond acceptors (Lipinski definition) is 6. The molecule has 0 aromatic carbocycles. The van der Waals surface area contributed by atoms with Crippen LogP contribution in [0.5, 0.6) is 0 Å². The lowest BCUT2D eigenvalue weighted by Crippen LogP contribution is -2.35. The van der Waals surface area contributed by atoms with Crippen molar-refractivity contribution in [1.29, 1.82) is 0 Å². The van der Waals surface area contributed by atoms with Crippen LogP contribution in [0.3, 0.4) is 0 Å². The van der Waals surface area contributed by atoms with Gasteiger partial charge in [-0.05, 0) is 60.8 Å². The normalized spacial score (nSPS) is 13.7. The van der Waals surface area contributed by atoms with Gasteiger partial charge in [0.15, 0.2) is 11.9 Å². The fraction of sp³-hybridized carbons (Fsp3) is 0.810. The first-order chi connectivity index (χ1) is 12.2. The molecule has 158 valence electrons. The monoisotopic (exact) mass is 386 g/mol. The Hall–Kier alpha value is -1.56. The second kappa shape index (κ2) is 10.1. The summed E-state index contributed by atoms with van der Waals surface area (Å²) in [6, 6.07) is 0. The number of rotatable bonds is 12. The number of hydrogen-bond donors (Lipinski definition) is 0. The Labute approximate surface area is 164 Å².